The van der Waals surface area contributed by atoms with Gasteiger partial charge in [-0.05, 0) is 106 Å². The third kappa shape index (κ3) is 9.15. The summed E-state index contributed by atoms with van der Waals surface area (Å²) in [6.07, 6.45) is -0.762. The largest absolute Gasteiger partial charge is 0.416 e. The van der Waals surface area contributed by atoms with Crippen LogP contribution < -0.4 is 25.3 Å². The number of carbonyl (C=O) groups is 1. The lowest BCUT2D eigenvalue weighted by atomic mass is 9.84. The van der Waals surface area contributed by atoms with Gasteiger partial charge in [-0.2, -0.15) is 13.2 Å². The lowest BCUT2D eigenvalue weighted by Crippen LogP contribution is -2.17. The van der Waals surface area contributed by atoms with E-state index in [1.54, 1.807) is 0 Å². The highest BCUT2D eigenvalue weighted by atomic mass is 19.4. The van der Waals surface area contributed by atoms with E-state index in [2.05, 4.69) is 0 Å². The number of hydrogen-bond donors (Lipinski definition) is 1. The molecular weight excluding hydrogens is 684 g/mol. The standard InChI is InChI=1S/C45H48F3N5O/c1-50(2)36-18-9-30(10-19-36)41(31-11-20-37(21-12-31)51(3)4)27-34(43-29-35(45(46,47)48)17-26-40(43)44(49)54)28-42(32-13-22-38(23-14-32)52(5)6)33-15-24-39(25-16-33)53(7)8/h9-29,34H,1-8H3,(H2,49,54). The average molecular weight is 732 g/mol. The number of nitrogens with zero attached hydrogens (tertiary/aromatic N) is 4. The molecule has 5 aromatic rings. The summed E-state index contributed by atoms with van der Waals surface area (Å²) < 4.78 is 43.2. The van der Waals surface area contributed by atoms with Crippen molar-refractivity contribution in [1.29, 1.82) is 0 Å². The molecule has 1 amide bonds. The molecule has 6 nitrogen and oxygen atoms in total. The van der Waals surface area contributed by atoms with E-state index in [4.69, 9.17) is 5.73 Å². The Hall–Kier alpha value is -5.96. The Morgan fingerprint density at radius 2 is 0.815 bits per heavy atom. The highest BCUT2D eigenvalue weighted by Crippen LogP contribution is 2.39. The van der Waals surface area contributed by atoms with Crippen molar-refractivity contribution in [3.63, 3.8) is 0 Å². The van der Waals surface area contributed by atoms with Gasteiger partial charge in [0.05, 0.1) is 5.56 Å². The molecule has 0 unspecified atom stereocenters. The van der Waals surface area contributed by atoms with Crippen molar-refractivity contribution in [2.45, 2.75) is 12.1 Å². The number of alkyl halides is 3. The van der Waals surface area contributed by atoms with Crippen LogP contribution in [0.4, 0.5) is 35.9 Å². The number of halogens is 3. The number of rotatable bonds is 12. The Kier molecular flexibility index (Phi) is 11.9. The second-order valence-corrected chi connectivity index (χ2v) is 14.1. The smallest absolute Gasteiger partial charge is 0.378 e. The molecule has 0 heterocycles. The summed E-state index contributed by atoms with van der Waals surface area (Å²) in [4.78, 5) is 21.0. The van der Waals surface area contributed by atoms with Crippen LogP contribution in [0.2, 0.25) is 0 Å². The molecule has 0 saturated carbocycles. The molecule has 0 atom stereocenters. The number of anilines is 4. The summed E-state index contributed by atoms with van der Waals surface area (Å²) >= 11 is 0. The monoisotopic (exact) mass is 731 g/mol. The Bertz CT molecular complexity index is 1890. The molecule has 5 rings (SSSR count). The molecule has 0 aliphatic rings. The topological polar surface area (TPSA) is 56.1 Å². The molecule has 0 spiro atoms. The van der Waals surface area contributed by atoms with Crippen LogP contribution in [0.25, 0.3) is 11.1 Å². The fourth-order valence-corrected chi connectivity index (χ4v) is 6.30. The van der Waals surface area contributed by atoms with Crippen molar-refractivity contribution in [2.75, 3.05) is 76.0 Å². The van der Waals surface area contributed by atoms with Gasteiger partial charge in [-0.1, -0.05) is 60.7 Å². The Labute approximate surface area is 317 Å². The van der Waals surface area contributed by atoms with E-state index in [9.17, 15) is 18.0 Å². The number of primary amides is 1. The van der Waals surface area contributed by atoms with Crippen molar-refractivity contribution >= 4 is 39.8 Å². The maximum Gasteiger partial charge on any atom is 0.416 e. The first-order valence-electron chi connectivity index (χ1n) is 17.6. The van der Waals surface area contributed by atoms with Crippen LogP contribution in [0, 0.1) is 0 Å². The maximum atomic E-state index is 14.4. The number of amides is 1. The molecule has 0 aromatic heterocycles. The molecular formula is C45H48F3N5O. The van der Waals surface area contributed by atoms with Gasteiger partial charge in [0, 0.05) is 90.6 Å². The van der Waals surface area contributed by atoms with E-state index in [0.717, 1.165) is 68.3 Å². The molecule has 0 aliphatic carbocycles. The zero-order valence-corrected chi connectivity index (χ0v) is 32.1. The lowest BCUT2D eigenvalue weighted by molar-refractivity contribution is -0.137. The van der Waals surface area contributed by atoms with Gasteiger partial charge in [0.2, 0.25) is 5.91 Å². The summed E-state index contributed by atoms with van der Waals surface area (Å²) in [6.45, 7) is 0. The van der Waals surface area contributed by atoms with E-state index >= 15 is 0 Å². The SMILES string of the molecule is CN(C)c1ccc(C(=CC(C=C(c2ccc(N(C)C)cc2)c2ccc(N(C)C)cc2)c2cc(C(F)(F)F)ccc2C(N)=O)c2ccc(N(C)C)cc2)cc1. The fourth-order valence-electron chi connectivity index (χ4n) is 6.30. The predicted molar refractivity (Wildman–Crippen MR) is 220 cm³/mol. The molecule has 0 fully saturated rings. The molecule has 54 heavy (non-hydrogen) atoms. The Morgan fingerprint density at radius 1 is 0.519 bits per heavy atom. The van der Waals surface area contributed by atoms with Crippen LogP contribution in [0.1, 0.15) is 49.7 Å². The molecule has 280 valence electrons. The summed E-state index contributed by atoms with van der Waals surface area (Å²) in [5.41, 5.74) is 14.2. The number of nitrogens with two attached hydrogens (primary N) is 1. The van der Waals surface area contributed by atoms with Crippen LogP contribution in [0.5, 0.6) is 0 Å². The maximum absolute atomic E-state index is 14.4. The lowest BCUT2D eigenvalue weighted by Gasteiger charge is -2.22. The van der Waals surface area contributed by atoms with E-state index in [1.807, 2.05) is 185 Å². The molecule has 0 bridgehead atoms. The number of hydrogen-bond acceptors (Lipinski definition) is 5. The van der Waals surface area contributed by atoms with E-state index < -0.39 is 23.6 Å². The van der Waals surface area contributed by atoms with Gasteiger partial charge in [-0.15, -0.1) is 0 Å². The minimum atomic E-state index is -4.65. The first-order valence-corrected chi connectivity index (χ1v) is 17.6. The normalized spacial score (nSPS) is 11.2. The minimum Gasteiger partial charge on any atom is -0.378 e. The fraction of sp³-hybridized carbons (Fsp3) is 0.222. The average Bonchev–Trinajstić information content (AvgIpc) is 3.14. The second-order valence-electron chi connectivity index (χ2n) is 14.1. The molecule has 0 aliphatic heterocycles. The van der Waals surface area contributed by atoms with Crippen LogP contribution in [0.15, 0.2) is 127 Å². The van der Waals surface area contributed by atoms with Crippen molar-refractivity contribution in [1.82, 2.24) is 0 Å². The number of carbonyl (C=O) groups excluding carboxylic acids is 1. The minimum absolute atomic E-state index is 0.0102. The zero-order chi connectivity index (χ0) is 39.3. The summed E-state index contributed by atoms with van der Waals surface area (Å²) in [5.74, 6) is -1.66. The van der Waals surface area contributed by atoms with Gasteiger partial charge < -0.3 is 25.3 Å². The highest BCUT2D eigenvalue weighted by molar-refractivity contribution is 5.95. The third-order valence-corrected chi connectivity index (χ3v) is 9.47. The van der Waals surface area contributed by atoms with Gasteiger partial charge in [-0.3, -0.25) is 4.79 Å². The van der Waals surface area contributed by atoms with E-state index in [-0.39, 0.29) is 11.1 Å². The van der Waals surface area contributed by atoms with Gasteiger partial charge in [-0.25, -0.2) is 0 Å². The van der Waals surface area contributed by atoms with Crippen molar-refractivity contribution in [3.8, 4) is 0 Å². The van der Waals surface area contributed by atoms with E-state index in [1.165, 1.54) is 6.07 Å². The Morgan fingerprint density at radius 3 is 1.06 bits per heavy atom. The van der Waals surface area contributed by atoms with Crippen LogP contribution in [-0.2, 0) is 6.18 Å². The molecule has 9 heteroatoms. The van der Waals surface area contributed by atoms with Crippen molar-refractivity contribution in [2.24, 2.45) is 5.73 Å². The quantitative estimate of drug-likeness (QED) is 0.139. The van der Waals surface area contributed by atoms with Crippen molar-refractivity contribution < 1.29 is 18.0 Å². The predicted octanol–water partition coefficient (Wildman–Crippen LogP) is 9.42. The number of benzene rings is 5. The van der Waals surface area contributed by atoms with Crippen LogP contribution in [0.3, 0.4) is 0 Å². The van der Waals surface area contributed by atoms with Gasteiger partial charge in [0.25, 0.3) is 0 Å². The van der Waals surface area contributed by atoms with Crippen LogP contribution >= 0.6 is 0 Å². The first kappa shape index (κ1) is 39.3. The van der Waals surface area contributed by atoms with Gasteiger partial charge >= 0.3 is 6.18 Å². The van der Waals surface area contributed by atoms with Gasteiger partial charge in [0.1, 0.15) is 0 Å². The summed E-state index contributed by atoms with van der Waals surface area (Å²) in [5, 5.41) is 0. The highest BCUT2D eigenvalue weighted by Gasteiger charge is 2.32. The molecule has 0 radical (unpaired) electrons. The molecule has 2 N–H and O–H groups in total. The summed E-state index contributed by atoms with van der Waals surface area (Å²) in [6, 6.07) is 35.2. The third-order valence-electron chi connectivity index (χ3n) is 9.47. The Balaban J connectivity index is 1.88. The zero-order valence-electron chi connectivity index (χ0n) is 32.1. The summed E-state index contributed by atoms with van der Waals surface area (Å²) in [7, 11) is 15.7. The van der Waals surface area contributed by atoms with Gasteiger partial charge in [0.15, 0.2) is 0 Å². The first-order chi connectivity index (χ1) is 25.5. The van der Waals surface area contributed by atoms with E-state index in [0.29, 0.717) is 0 Å². The second kappa shape index (κ2) is 16.4. The number of allylic oxidation sites excluding steroid dienone is 2. The molecule has 5 aromatic carbocycles. The van der Waals surface area contributed by atoms with Crippen LogP contribution in [-0.4, -0.2) is 62.3 Å². The molecule has 0 saturated heterocycles. The van der Waals surface area contributed by atoms with Crippen molar-refractivity contribution in [3.05, 3.63) is 166 Å².